The van der Waals surface area contributed by atoms with Crippen LogP contribution in [-0.2, 0) is 9.53 Å². The fourth-order valence-electron chi connectivity index (χ4n) is 1.80. The number of para-hydroxylation sites is 1. The molecule has 0 spiro atoms. The first-order chi connectivity index (χ1) is 9.13. The molecule has 0 aliphatic rings. The van der Waals surface area contributed by atoms with Gasteiger partial charge in [0.1, 0.15) is 6.04 Å². The number of esters is 1. The summed E-state index contributed by atoms with van der Waals surface area (Å²) in [5.41, 5.74) is 1.22. The average Bonchev–Trinajstić information content (AvgIpc) is 2.45. The Morgan fingerprint density at radius 2 is 2.00 bits per heavy atom. The van der Waals surface area contributed by atoms with Crippen molar-refractivity contribution in [1.82, 2.24) is 10.3 Å². The fraction of sp³-hybridized carbons (Fsp3) is 0.214. The molecule has 1 aromatic carbocycles. The number of pyridine rings is 1. The molecule has 19 heavy (non-hydrogen) atoms. The van der Waals surface area contributed by atoms with Crippen LogP contribution in [0, 0.1) is 0 Å². The SMILES string of the molecule is COC(=O)[C@@H](C)NC(=O)c1ccnc2ccccc12. The van der Waals surface area contributed by atoms with E-state index in [-0.39, 0.29) is 5.91 Å². The highest BCUT2D eigenvalue weighted by Gasteiger charge is 2.18. The van der Waals surface area contributed by atoms with Crippen LogP contribution in [0.4, 0.5) is 0 Å². The maximum absolute atomic E-state index is 12.1. The Labute approximate surface area is 110 Å². The third-order valence-electron chi connectivity index (χ3n) is 2.80. The van der Waals surface area contributed by atoms with Crippen LogP contribution in [0.15, 0.2) is 36.5 Å². The fourth-order valence-corrected chi connectivity index (χ4v) is 1.80. The Morgan fingerprint density at radius 1 is 1.26 bits per heavy atom. The molecule has 0 saturated carbocycles. The second-order valence-electron chi connectivity index (χ2n) is 4.09. The van der Waals surface area contributed by atoms with E-state index in [4.69, 9.17) is 0 Å². The summed E-state index contributed by atoms with van der Waals surface area (Å²) in [6, 6.07) is 8.28. The number of carbonyl (C=O) groups is 2. The first-order valence-corrected chi connectivity index (χ1v) is 5.86. The summed E-state index contributed by atoms with van der Waals surface area (Å²) in [5.74, 6) is -0.803. The number of amides is 1. The number of nitrogens with zero attached hydrogens (tertiary/aromatic N) is 1. The number of ether oxygens (including phenoxy) is 1. The Balaban J connectivity index is 2.29. The van der Waals surface area contributed by atoms with E-state index in [0.29, 0.717) is 5.56 Å². The lowest BCUT2D eigenvalue weighted by molar-refractivity contribution is -0.142. The molecule has 98 valence electrons. The highest BCUT2D eigenvalue weighted by molar-refractivity contribution is 6.06. The lowest BCUT2D eigenvalue weighted by Crippen LogP contribution is -2.39. The Morgan fingerprint density at radius 3 is 2.74 bits per heavy atom. The van der Waals surface area contributed by atoms with Crippen LogP contribution in [0.1, 0.15) is 17.3 Å². The second-order valence-corrected chi connectivity index (χ2v) is 4.09. The first-order valence-electron chi connectivity index (χ1n) is 5.86. The number of rotatable bonds is 3. The van der Waals surface area contributed by atoms with Crippen molar-refractivity contribution in [3.8, 4) is 0 Å². The maximum atomic E-state index is 12.1. The van der Waals surface area contributed by atoms with Crippen molar-refractivity contribution in [3.05, 3.63) is 42.1 Å². The molecular weight excluding hydrogens is 244 g/mol. The molecule has 0 aliphatic carbocycles. The minimum absolute atomic E-state index is 0.323. The van der Waals surface area contributed by atoms with Crippen LogP contribution >= 0.6 is 0 Å². The summed E-state index contributed by atoms with van der Waals surface area (Å²) in [7, 11) is 1.28. The number of nitrogens with one attached hydrogen (secondary N) is 1. The number of aromatic nitrogens is 1. The van der Waals surface area contributed by atoms with Gasteiger partial charge >= 0.3 is 5.97 Å². The van der Waals surface area contributed by atoms with Crippen molar-refractivity contribution in [2.45, 2.75) is 13.0 Å². The Hall–Kier alpha value is -2.43. The van der Waals surface area contributed by atoms with E-state index in [2.05, 4.69) is 15.0 Å². The smallest absolute Gasteiger partial charge is 0.328 e. The van der Waals surface area contributed by atoms with Crippen molar-refractivity contribution in [2.75, 3.05) is 7.11 Å². The molecule has 0 unspecified atom stereocenters. The predicted molar refractivity (Wildman–Crippen MR) is 70.7 cm³/mol. The molecule has 2 aromatic rings. The summed E-state index contributed by atoms with van der Waals surface area (Å²) in [4.78, 5) is 27.6. The molecule has 5 heteroatoms. The highest BCUT2D eigenvalue weighted by Crippen LogP contribution is 2.16. The van der Waals surface area contributed by atoms with Gasteiger partial charge in [-0.3, -0.25) is 9.78 Å². The summed E-state index contributed by atoms with van der Waals surface area (Å²) >= 11 is 0. The van der Waals surface area contributed by atoms with Crippen LogP contribution in [0.25, 0.3) is 10.9 Å². The zero-order chi connectivity index (χ0) is 13.8. The number of methoxy groups -OCH3 is 1. The molecule has 0 fully saturated rings. The molecule has 5 nitrogen and oxygen atoms in total. The lowest BCUT2D eigenvalue weighted by atomic mass is 10.1. The van der Waals surface area contributed by atoms with Gasteiger partial charge in [0.05, 0.1) is 18.2 Å². The molecule has 0 aliphatic heterocycles. The minimum atomic E-state index is -0.690. The van der Waals surface area contributed by atoms with Crippen molar-refractivity contribution < 1.29 is 14.3 Å². The molecule has 1 aromatic heterocycles. The topological polar surface area (TPSA) is 68.3 Å². The number of hydrogen-bond acceptors (Lipinski definition) is 4. The van der Waals surface area contributed by atoms with Crippen molar-refractivity contribution in [1.29, 1.82) is 0 Å². The molecule has 0 radical (unpaired) electrons. The monoisotopic (exact) mass is 258 g/mol. The van der Waals surface area contributed by atoms with E-state index in [1.54, 1.807) is 19.2 Å². The number of benzene rings is 1. The molecule has 1 amide bonds. The van der Waals surface area contributed by atoms with Gasteiger partial charge in [-0.1, -0.05) is 18.2 Å². The quantitative estimate of drug-likeness (QED) is 0.848. The van der Waals surface area contributed by atoms with Gasteiger partial charge in [0.2, 0.25) is 0 Å². The minimum Gasteiger partial charge on any atom is -0.467 e. The molecule has 1 atom stereocenters. The van der Waals surface area contributed by atoms with E-state index in [1.165, 1.54) is 7.11 Å². The predicted octanol–water partition coefficient (Wildman–Crippen LogP) is 1.53. The van der Waals surface area contributed by atoms with E-state index in [0.717, 1.165) is 10.9 Å². The van der Waals surface area contributed by atoms with Gasteiger partial charge in [-0.15, -0.1) is 0 Å². The van der Waals surface area contributed by atoms with Gasteiger partial charge in [-0.2, -0.15) is 0 Å². The summed E-state index contributed by atoms with van der Waals surface area (Å²) in [6.45, 7) is 1.58. The van der Waals surface area contributed by atoms with Crippen LogP contribution in [0.2, 0.25) is 0 Å². The van der Waals surface area contributed by atoms with Gasteiger partial charge in [-0.25, -0.2) is 4.79 Å². The molecule has 0 saturated heterocycles. The van der Waals surface area contributed by atoms with E-state index >= 15 is 0 Å². The highest BCUT2D eigenvalue weighted by atomic mass is 16.5. The van der Waals surface area contributed by atoms with Crippen LogP contribution in [0.5, 0.6) is 0 Å². The van der Waals surface area contributed by atoms with Crippen LogP contribution in [-0.4, -0.2) is 30.0 Å². The third-order valence-corrected chi connectivity index (χ3v) is 2.80. The van der Waals surface area contributed by atoms with Crippen molar-refractivity contribution in [2.24, 2.45) is 0 Å². The Kier molecular flexibility index (Phi) is 3.75. The van der Waals surface area contributed by atoms with E-state index < -0.39 is 12.0 Å². The zero-order valence-electron chi connectivity index (χ0n) is 10.7. The van der Waals surface area contributed by atoms with E-state index in [1.807, 2.05) is 24.3 Å². The summed E-state index contributed by atoms with van der Waals surface area (Å²) < 4.78 is 4.57. The van der Waals surface area contributed by atoms with Gasteiger partial charge in [-0.05, 0) is 19.1 Å². The molecule has 1 heterocycles. The third kappa shape index (κ3) is 2.70. The maximum Gasteiger partial charge on any atom is 0.328 e. The van der Waals surface area contributed by atoms with Crippen molar-refractivity contribution in [3.63, 3.8) is 0 Å². The van der Waals surface area contributed by atoms with Crippen LogP contribution < -0.4 is 5.32 Å². The molecule has 0 bridgehead atoms. The largest absolute Gasteiger partial charge is 0.467 e. The summed E-state index contributed by atoms with van der Waals surface area (Å²) in [5, 5.41) is 3.35. The first kappa shape index (κ1) is 13.0. The average molecular weight is 258 g/mol. The summed E-state index contributed by atoms with van der Waals surface area (Å²) in [6.07, 6.45) is 1.57. The number of carbonyl (C=O) groups excluding carboxylic acids is 2. The van der Waals surface area contributed by atoms with Gasteiger partial charge in [0.15, 0.2) is 0 Å². The van der Waals surface area contributed by atoms with Gasteiger partial charge in [0.25, 0.3) is 5.91 Å². The standard InChI is InChI=1S/C14H14N2O3/c1-9(14(18)19-2)16-13(17)11-7-8-15-12-6-4-3-5-10(11)12/h3-9H,1-2H3,(H,16,17)/t9-/m1/s1. The number of fused-ring (bicyclic) bond motifs is 1. The van der Waals surface area contributed by atoms with Crippen molar-refractivity contribution >= 4 is 22.8 Å². The zero-order valence-corrected chi connectivity index (χ0v) is 10.7. The number of hydrogen-bond donors (Lipinski definition) is 1. The van der Waals surface area contributed by atoms with Crippen LogP contribution in [0.3, 0.4) is 0 Å². The van der Waals surface area contributed by atoms with Gasteiger partial charge < -0.3 is 10.1 Å². The normalized spacial score (nSPS) is 11.9. The molecule has 2 rings (SSSR count). The molecular formula is C14H14N2O3. The Bertz CT molecular complexity index is 620. The lowest BCUT2D eigenvalue weighted by Gasteiger charge is -2.12. The second kappa shape index (κ2) is 5.48. The van der Waals surface area contributed by atoms with E-state index in [9.17, 15) is 9.59 Å². The molecule has 1 N–H and O–H groups in total. The van der Waals surface area contributed by atoms with Gasteiger partial charge in [0, 0.05) is 11.6 Å².